The van der Waals surface area contributed by atoms with E-state index in [1.54, 1.807) is 0 Å². The fourth-order valence-electron chi connectivity index (χ4n) is 1.08. The van der Waals surface area contributed by atoms with E-state index in [9.17, 15) is 9.59 Å². The largest absolute Gasteiger partial charge is 0.366 e. The highest BCUT2D eigenvalue weighted by Crippen LogP contribution is 2.23. The summed E-state index contributed by atoms with van der Waals surface area (Å²) < 4.78 is 0. The van der Waals surface area contributed by atoms with E-state index in [1.165, 1.54) is 12.1 Å². The van der Waals surface area contributed by atoms with Crippen LogP contribution in [0.25, 0.3) is 0 Å². The summed E-state index contributed by atoms with van der Waals surface area (Å²) in [6, 6.07) is 3.05. The molecule has 1 aromatic carbocycles. The third-order valence-corrected chi connectivity index (χ3v) is 2.40. The molecular formula is C8H8N2O2S2. The standard InChI is InChI=1S/C8H8N2O2S2/c9-7(11)5-3(13)1-2-4(14)6(5)8(10)12/h1-2,13-14H,(H2,9,11)(H2,10,12). The number of carbonyl (C=O) groups is 2. The first-order chi connectivity index (χ1) is 6.45. The minimum Gasteiger partial charge on any atom is -0.366 e. The highest BCUT2D eigenvalue weighted by Gasteiger charge is 2.18. The zero-order chi connectivity index (χ0) is 10.9. The smallest absolute Gasteiger partial charge is 0.250 e. The van der Waals surface area contributed by atoms with Gasteiger partial charge < -0.3 is 11.5 Å². The van der Waals surface area contributed by atoms with Crippen LogP contribution in [0.5, 0.6) is 0 Å². The number of nitrogens with two attached hydrogens (primary N) is 2. The van der Waals surface area contributed by atoms with E-state index in [4.69, 9.17) is 11.5 Å². The Balaban J connectivity index is 3.58. The van der Waals surface area contributed by atoms with Crippen molar-refractivity contribution in [1.82, 2.24) is 0 Å². The monoisotopic (exact) mass is 228 g/mol. The number of primary amides is 2. The van der Waals surface area contributed by atoms with Gasteiger partial charge in [-0.3, -0.25) is 9.59 Å². The van der Waals surface area contributed by atoms with Crippen LogP contribution in [0.3, 0.4) is 0 Å². The van der Waals surface area contributed by atoms with Crippen LogP contribution in [0, 0.1) is 0 Å². The molecule has 1 rings (SSSR count). The lowest BCUT2D eigenvalue weighted by Gasteiger charge is -2.08. The Morgan fingerprint density at radius 1 is 0.929 bits per heavy atom. The van der Waals surface area contributed by atoms with Gasteiger partial charge in [0.2, 0.25) is 0 Å². The normalized spacial score (nSPS) is 9.86. The molecule has 0 saturated carbocycles. The second-order valence-corrected chi connectivity index (χ2v) is 3.55. The highest BCUT2D eigenvalue weighted by atomic mass is 32.1. The summed E-state index contributed by atoms with van der Waals surface area (Å²) in [5.74, 6) is -1.50. The molecule has 2 amide bonds. The molecule has 6 heteroatoms. The molecule has 0 spiro atoms. The molecule has 74 valence electrons. The van der Waals surface area contributed by atoms with Crippen molar-refractivity contribution in [3.05, 3.63) is 23.3 Å². The number of amides is 2. The molecule has 0 aliphatic heterocycles. The quantitative estimate of drug-likeness (QED) is 0.554. The van der Waals surface area contributed by atoms with E-state index in [1.807, 2.05) is 0 Å². The number of hydrogen-bond donors (Lipinski definition) is 4. The molecular weight excluding hydrogens is 220 g/mol. The highest BCUT2D eigenvalue weighted by molar-refractivity contribution is 7.80. The molecule has 0 aromatic heterocycles. The van der Waals surface area contributed by atoms with Crippen molar-refractivity contribution in [2.24, 2.45) is 11.5 Å². The van der Waals surface area contributed by atoms with Crippen LogP contribution in [-0.2, 0) is 0 Å². The molecule has 0 aliphatic rings. The van der Waals surface area contributed by atoms with Gasteiger partial charge in [0.1, 0.15) is 0 Å². The maximum atomic E-state index is 11.0. The molecule has 4 N–H and O–H groups in total. The van der Waals surface area contributed by atoms with Gasteiger partial charge in [0.15, 0.2) is 0 Å². The van der Waals surface area contributed by atoms with Crippen molar-refractivity contribution in [2.45, 2.75) is 9.79 Å². The first-order valence-corrected chi connectivity index (χ1v) is 4.49. The average Bonchev–Trinajstić information content (AvgIpc) is 2.07. The second kappa shape index (κ2) is 3.93. The lowest BCUT2D eigenvalue weighted by Crippen LogP contribution is -2.22. The summed E-state index contributed by atoms with van der Waals surface area (Å²) in [7, 11) is 0. The van der Waals surface area contributed by atoms with Crippen LogP contribution in [0.2, 0.25) is 0 Å². The van der Waals surface area contributed by atoms with E-state index in [0.717, 1.165) is 0 Å². The minimum absolute atomic E-state index is 0.00772. The van der Waals surface area contributed by atoms with Crippen molar-refractivity contribution in [3.8, 4) is 0 Å². The first kappa shape index (κ1) is 10.9. The molecule has 0 bridgehead atoms. The van der Waals surface area contributed by atoms with Crippen LogP contribution in [-0.4, -0.2) is 11.8 Å². The van der Waals surface area contributed by atoms with Crippen molar-refractivity contribution < 1.29 is 9.59 Å². The van der Waals surface area contributed by atoms with Gasteiger partial charge in [0.05, 0.1) is 11.1 Å². The number of thiol groups is 2. The number of benzene rings is 1. The Morgan fingerprint density at radius 2 is 1.21 bits per heavy atom. The van der Waals surface area contributed by atoms with Crippen molar-refractivity contribution in [2.75, 3.05) is 0 Å². The van der Waals surface area contributed by atoms with E-state index in [2.05, 4.69) is 25.3 Å². The van der Waals surface area contributed by atoms with Gasteiger partial charge in [0, 0.05) is 9.79 Å². The topological polar surface area (TPSA) is 86.2 Å². The Hall–Kier alpha value is -1.14. The van der Waals surface area contributed by atoms with Crippen LogP contribution in [0.1, 0.15) is 20.7 Å². The molecule has 14 heavy (non-hydrogen) atoms. The van der Waals surface area contributed by atoms with E-state index < -0.39 is 11.8 Å². The predicted octanol–water partition coefficient (Wildman–Crippen LogP) is 0.462. The first-order valence-electron chi connectivity index (χ1n) is 3.59. The van der Waals surface area contributed by atoms with Gasteiger partial charge in [-0.25, -0.2) is 0 Å². The van der Waals surface area contributed by atoms with Gasteiger partial charge in [0.25, 0.3) is 11.8 Å². The molecule has 0 atom stereocenters. The van der Waals surface area contributed by atoms with Crippen LogP contribution < -0.4 is 11.5 Å². The summed E-state index contributed by atoms with van der Waals surface area (Å²) >= 11 is 8.01. The zero-order valence-electron chi connectivity index (χ0n) is 7.02. The third-order valence-electron chi connectivity index (χ3n) is 1.65. The van der Waals surface area contributed by atoms with E-state index >= 15 is 0 Å². The van der Waals surface area contributed by atoms with Crippen molar-refractivity contribution in [3.63, 3.8) is 0 Å². The number of rotatable bonds is 2. The van der Waals surface area contributed by atoms with Gasteiger partial charge in [-0.1, -0.05) is 0 Å². The Morgan fingerprint density at radius 3 is 1.43 bits per heavy atom. The molecule has 0 aliphatic carbocycles. The molecule has 0 fully saturated rings. The summed E-state index contributed by atoms with van der Waals surface area (Å²) in [6.07, 6.45) is 0. The molecule has 1 aromatic rings. The SMILES string of the molecule is NC(=O)c1c(S)ccc(S)c1C(N)=O. The summed E-state index contributed by atoms with van der Waals surface area (Å²) in [4.78, 5) is 22.7. The Bertz CT molecular complexity index is 379. The third kappa shape index (κ3) is 1.85. The van der Waals surface area contributed by atoms with Crippen LogP contribution >= 0.6 is 25.3 Å². The van der Waals surface area contributed by atoms with Gasteiger partial charge >= 0.3 is 0 Å². The molecule has 0 saturated heterocycles. The maximum absolute atomic E-state index is 11.0. The van der Waals surface area contributed by atoms with Crippen molar-refractivity contribution >= 4 is 37.1 Å². The lowest BCUT2D eigenvalue weighted by molar-refractivity contribution is 0.0963. The van der Waals surface area contributed by atoms with Gasteiger partial charge in [-0.15, -0.1) is 25.3 Å². The van der Waals surface area contributed by atoms with Crippen molar-refractivity contribution in [1.29, 1.82) is 0 Å². The summed E-state index contributed by atoms with van der Waals surface area (Å²) in [6.45, 7) is 0. The molecule has 0 radical (unpaired) electrons. The molecule has 4 nitrogen and oxygen atoms in total. The fraction of sp³-hybridized carbons (Fsp3) is 0. The summed E-state index contributed by atoms with van der Waals surface area (Å²) in [5, 5.41) is 0. The fourth-order valence-corrected chi connectivity index (χ4v) is 1.67. The van der Waals surface area contributed by atoms with E-state index in [0.29, 0.717) is 9.79 Å². The molecule has 0 unspecified atom stereocenters. The van der Waals surface area contributed by atoms with Crippen LogP contribution in [0.15, 0.2) is 21.9 Å². The average molecular weight is 228 g/mol. The van der Waals surface area contributed by atoms with E-state index in [-0.39, 0.29) is 11.1 Å². The second-order valence-electron chi connectivity index (χ2n) is 2.58. The zero-order valence-corrected chi connectivity index (χ0v) is 8.81. The minimum atomic E-state index is -0.750. The lowest BCUT2D eigenvalue weighted by atomic mass is 10.1. The van der Waals surface area contributed by atoms with Gasteiger partial charge in [-0.05, 0) is 12.1 Å². The number of carbonyl (C=O) groups excluding carboxylic acids is 2. The Labute approximate surface area is 91.5 Å². The van der Waals surface area contributed by atoms with Crippen LogP contribution in [0.4, 0.5) is 0 Å². The molecule has 0 heterocycles. The van der Waals surface area contributed by atoms with Gasteiger partial charge in [-0.2, -0.15) is 0 Å². The Kier molecular flexibility index (Phi) is 3.07. The summed E-state index contributed by atoms with van der Waals surface area (Å²) in [5.41, 5.74) is 10.2. The maximum Gasteiger partial charge on any atom is 0.250 e. The number of hydrogen-bond acceptors (Lipinski definition) is 4. The predicted molar refractivity (Wildman–Crippen MR) is 58.0 cm³/mol.